The minimum Gasteiger partial charge on any atom is -0.481 e. The molecule has 0 aliphatic rings. The van der Waals surface area contributed by atoms with E-state index in [1.807, 2.05) is 42.5 Å². The van der Waals surface area contributed by atoms with E-state index in [-0.39, 0.29) is 18.2 Å². The normalized spacial score (nSPS) is 10.5. The van der Waals surface area contributed by atoms with Crippen LogP contribution in [0.4, 0.5) is 11.4 Å². The maximum atomic E-state index is 12.9. The topological polar surface area (TPSA) is 95.5 Å². The summed E-state index contributed by atoms with van der Waals surface area (Å²) in [6, 6.07) is 27.1. The molecule has 0 radical (unpaired) electrons. The predicted molar refractivity (Wildman–Crippen MR) is 129 cm³/mol. The first kappa shape index (κ1) is 21.8. The van der Waals surface area contributed by atoms with Crippen LogP contribution in [-0.4, -0.2) is 22.9 Å². The number of hydrogen-bond donors (Lipinski definition) is 3. The molecule has 0 aliphatic carbocycles. The third kappa shape index (κ3) is 5.43. The Morgan fingerprint density at radius 2 is 1.45 bits per heavy atom. The van der Waals surface area contributed by atoms with Gasteiger partial charge in [0.05, 0.1) is 11.3 Å². The van der Waals surface area contributed by atoms with Crippen molar-refractivity contribution in [2.24, 2.45) is 0 Å². The van der Waals surface area contributed by atoms with Gasteiger partial charge in [-0.15, -0.1) is 0 Å². The van der Waals surface area contributed by atoms with Crippen LogP contribution in [-0.2, 0) is 11.2 Å². The number of nitrogens with one attached hydrogen (secondary N) is 2. The van der Waals surface area contributed by atoms with Crippen LogP contribution in [0.5, 0.6) is 0 Å². The zero-order valence-electron chi connectivity index (χ0n) is 17.7. The van der Waals surface area contributed by atoms with Crippen LogP contribution in [0, 0.1) is 0 Å². The molecule has 0 bridgehead atoms. The first-order valence-electron chi connectivity index (χ1n) is 10.5. The highest BCUT2D eigenvalue weighted by molar-refractivity contribution is 6.13. The zero-order chi connectivity index (χ0) is 23.2. The minimum atomic E-state index is -0.875. The lowest BCUT2D eigenvalue weighted by molar-refractivity contribution is -0.136. The van der Waals surface area contributed by atoms with Gasteiger partial charge in [0.2, 0.25) is 0 Å². The van der Waals surface area contributed by atoms with Crippen LogP contribution in [0.2, 0.25) is 0 Å². The van der Waals surface area contributed by atoms with E-state index in [1.165, 1.54) is 0 Å². The van der Waals surface area contributed by atoms with Crippen LogP contribution in [0.3, 0.4) is 0 Å². The highest BCUT2D eigenvalue weighted by Gasteiger charge is 2.15. The standard InChI is InChI=1S/C27H22N2O4/c30-25(31)15-12-18-6-5-9-22(16-18)28-27(33)23-10-3-4-11-24(23)29-26(32)21-14-13-19-7-1-2-8-20(19)17-21/h1-11,13-14,16-17H,12,15H2,(H,28,33)(H,29,32)(H,30,31). The fourth-order valence-corrected chi connectivity index (χ4v) is 3.57. The fraction of sp³-hybridized carbons (Fsp3) is 0.0741. The second-order valence-electron chi connectivity index (χ2n) is 7.61. The number of rotatable bonds is 7. The van der Waals surface area contributed by atoms with Crippen molar-refractivity contribution in [2.45, 2.75) is 12.8 Å². The second-order valence-corrected chi connectivity index (χ2v) is 7.61. The average molecular weight is 438 g/mol. The van der Waals surface area contributed by atoms with E-state index in [0.29, 0.717) is 28.9 Å². The average Bonchev–Trinajstić information content (AvgIpc) is 2.83. The molecule has 4 aromatic rings. The number of amides is 2. The smallest absolute Gasteiger partial charge is 0.303 e. The molecule has 0 heterocycles. The molecule has 0 atom stereocenters. The van der Waals surface area contributed by atoms with E-state index in [9.17, 15) is 14.4 Å². The van der Waals surface area contributed by atoms with E-state index >= 15 is 0 Å². The summed E-state index contributed by atoms with van der Waals surface area (Å²) in [4.78, 5) is 36.6. The number of fused-ring (bicyclic) bond motifs is 1. The summed E-state index contributed by atoms with van der Waals surface area (Å²) in [6.07, 6.45) is 0.387. The molecule has 3 N–H and O–H groups in total. The molecular formula is C27H22N2O4. The number of aryl methyl sites for hydroxylation is 1. The van der Waals surface area contributed by atoms with Gasteiger partial charge in [-0.25, -0.2) is 0 Å². The van der Waals surface area contributed by atoms with Crippen molar-refractivity contribution in [1.29, 1.82) is 0 Å². The van der Waals surface area contributed by atoms with Crippen molar-refractivity contribution in [3.8, 4) is 0 Å². The lowest BCUT2D eigenvalue weighted by Crippen LogP contribution is -2.18. The van der Waals surface area contributed by atoms with E-state index in [1.54, 1.807) is 48.5 Å². The number of hydrogen-bond acceptors (Lipinski definition) is 3. The Bertz CT molecular complexity index is 1350. The van der Waals surface area contributed by atoms with Gasteiger partial charge in [0.25, 0.3) is 11.8 Å². The number of para-hydroxylation sites is 1. The number of anilines is 2. The van der Waals surface area contributed by atoms with Gasteiger partial charge in [-0.05, 0) is 59.2 Å². The lowest BCUT2D eigenvalue weighted by Gasteiger charge is -2.12. The van der Waals surface area contributed by atoms with Crippen molar-refractivity contribution in [3.63, 3.8) is 0 Å². The Labute approximate surface area is 190 Å². The van der Waals surface area contributed by atoms with E-state index in [0.717, 1.165) is 16.3 Å². The first-order valence-corrected chi connectivity index (χ1v) is 10.5. The number of aliphatic carboxylic acids is 1. The van der Waals surface area contributed by atoms with Crippen molar-refractivity contribution in [2.75, 3.05) is 10.6 Å². The molecule has 33 heavy (non-hydrogen) atoms. The summed E-state index contributed by atoms with van der Waals surface area (Å²) in [5.74, 6) is -1.56. The molecule has 0 aromatic heterocycles. The third-order valence-corrected chi connectivity index (χ3v) is 5.24. The summed E-state index contributed by atoms with van der Waals surface area (Å²) in [6.45, 7) is 0. The summed E-state index contributed by atoms with van der Waals surface area (Å²) >= 11 is 0. The van der Waals surface area contributed by atoms with Gasteiger partial charge in [-0.3, -0.25) is 14.4 Å². The Hall–Kier alpha value is -4.45. The molecule has 164 valence electrons. The molecule has 4 rings (SSSR count). The number of carboxylic acid groups (broad SMARTS) is 1. The molecule has 0 saturated heterocycles. The zero-order valence-corrected chi connectivity index (χ0v) is 17.7. The minimum absolute atomic E-state index is 0.0149. The van der Waals surface area contributed by atoms with Crippen LogP contribution < -0.4 is 10.6 Å². The van der Waals surface area contributed by atoms with Gasteiger partial charge in [-0.2, -0.15) is 0 Å². The molecule has 0 saturated carbocycles. The Morgan fingerprint density at radius 1 is 0.697 bits per heavy atom. The monoisotopic (exact) mass is 438 g/mol. The van der Waals surface area contributed by atoms with Gasteiger partial charge in [0.1, 0.15) is 0 Å². The van der Waals surface area contributed by atoms with Crippen molar-refractivity contribution in [3.05, 3.63) is 108 Å². The van der Waals surface area contributed by atoms with Crippen molar-refractivity contribution < 1.29 is 19.5 Å². The molecule has 6 nitrogen and oxygen atoms in total. The molecule has 4 aromatic carbocycles. The predicted octanol–water partition coefficient (Wildman–Crippen LogP) is 5.36. The quantitative estimate of drug-likeness (QED) is 0.362. The van der Waals surface area contributed by atoms with E-state index in [4.69, 9.17) is 5.11 Å². The molecule has 0 aliphatic heterocycles. The first-order chi connectivity index (χ1) is 16.0. The van der Waals surface area contributed by atoms with E-state index in [2.05, 4.69) is 10.6 Å². The van der Waals surface area contributed by atoms with Crippen LogP contribution in [0.25, 0.3) is 10.8 Å². The largest absolute Gasteiger partial charge is 0.481 e. The molecule has 0 fully saturated rings. The molecule has 0 spiro atoms. The van der Waals surface area contributed by atoms with Gasteiger partial charge >= 0.3 is 5.97 Å². The van der Waals surface area contributed by atoms with E-state index < -0.39 is 5.97 Å². The maximum Gasteiger partial charge on any atom is 0.303 e. The van der Waals surface area contributed by atoms with Crippen LogP contribution >= 0.6 is 0 Å². The fourth-order valence-electron chi connectivity index (χ4n) is 3.57. The number of carboxylic acids is 1. The highest BCUT2D eigenvalue weighted by Crippen LogP contribution is 2.21. The van der Waals surface area contributed by atoms with Gasteiger partial charge in [-0.1, -0.05) is 54.6 Å². The van der Waals surface area contributed by atoms with Crippen LogP contribution in [0.15, 0.2) is 91.0 Å². The molecule has 0 unspecified atom stereocenters. The lowest BCUT2D eigenvalue weighted by atomic mass is 10.1. The molecular weight excluding hydrogens is 416 g/mol. The number of benzene rings is 4. The van der Waals surface area contributed by atoms with Crippen molar-refractivity contribution in [1.82, 2.24) is 0 Å². The number of carbonyl (C=O) groups is 3. The maximum absolute atomic E-state index is 12.9. The van der Waals surface area contributed by atoms with Crippen molar-refractivity contribution >= 4 is 39.9 Å². The Kier molecular flexibility index (Phi) is 6.45. The second kappa shape index (κ2) is 9.78. The summed E-state index contributed by atoms with van der Waals surface area (Å²) in [7, 11) is 0. The van der Waals surface area contributed by atoms with Gasteiger partial charge in [0, 0.05) is 17.7 Å². The summed E-state index contributed by atoms with van der Waals surface area (Å²) < 4.78 is 0. The highest BCUT2D eigenvalue weighted by atomic mass is 16.4. The summed E-state index contributed by atoms with van der Waals surface area (Å²) in [5.41, 5.74) is 2.58. The van der Waals surface area contributed by atoms with Crippen LogP contribution in [0.1, 0.15) is 32.7 Å². The number of carbonyl (C=O) groups excluding carboxylic acids is 2. The summed E-state index contributed by atoms with van der Waals surface area (Å²) in [5, 5.41) is 16.5. The van der Waals surface area contributed by atoms with Gasteiger partial charge < -0.3 is 15.7 Å². The Morgan fingerprint density at radius 3 is 2.27 bits per heavy atom. The molecule has 2 amide bonds. The SMILES string of the molecule is O=C(O)CCc1cccc(NC(=O)c2ccccc2NC(=O)c2ccc3ccccc3c2)c1. The Balaban J connectivity index is 1.51. The van der Waals surface area contributed by atoms with Gasteiger partial charge in [0.15, 0.2) is 0 Å². The molecule has 6 heteroatoms. The third-order valence-electron chi connectivity index (χ3n) is 5.24.